The Hall–Kier alpha value is -0.900. The molecule has 0 fully saturated rings. The second kappa shape index (κ2) is 5.10. The lowest BCUT2D eigenvalue weighted by Gasteiger charge is -2.22. The zero-order chi connectivity index (χ0) is 11.4. The van der Waals surface area contributed by atoms with Gasteiger partial charge in [0.25, 0.3) is 5.91 Å². The number of rotatable bonds is 4. The first-order valence-electron chi connectivity index (χ1n) is 4.86. The maximum atomic E-state index is 11.4. The van der Waals surface area contributed by atoms with E-state index in [0.29, 0.717) is 16.9 Å². The number of nitrogens with zero attached hydrogens (tertiary/aromatic N) is 2. The monoisotopic (exact) mass is 200 g/mol. The molecule has 0 aliphatic carbocycles. The van der Waals surface area contributed by atoms with Gasteiger partial charge in [-0.3, -0.25) is 4.79 Å². The summed E-state index contributed by atoms with van der Waals surface area (Å²) in [5.41, 5.74) is 3.50. The van der Waals surface area contributed by atoms with E-state index >= 15 is 0 Å². The smallest absolute Gasteiger partial charge is 0.295 e. The molecule has 0 spiro atoms. The Labute approximate surface area is 86.6 Å². The van der Waals surface area contributed by atoms with E-state index in [2.05, 4.69) is 10.5 Å². The van der Waals surface area contributed by atoms with Crippen molar-refractivity contribution in [3.63, 3.8) is 0 Å². The van der Waals surface area contributed by atoms with E-state index in [4.69, 9.17) is 0 Å². The van der Waals surface area contributed by atoms with Crippen LogP contribution in [0.4, 0.5) is 0 Å². The van der Waals surface area contributed by atoms with Crippen molar-refractivity contribution < 1.29 is 9.28 Å². The number of carbonyl (C=O) groups is 1. The number of hydrazone groups is 1. The van der Waals surface area contributed by atoms with Crippen molar-refractivity contribution in [3.05, 3.63) is 0 Å². The van der Waals surface area contributed by atoms with Crippen LogP contribution in [0.2, 0.25) is 0 Å². The summed E-state index contributed by atoms with van der Waals surface area (Å²) in [6.07, 6.45) is 0. The first kappa shape index (κ1) is 13.1. The number of likely N-dealkylation sites (N-methyl/N-ethyl adjacent to an activating group) is 1. The maximum absolute atomic E-state index is 11.4. The fraction of sp³-hybridized carbons (Fsp3) is 0.800. The minimum Gasteiger partial charge on any atom is -0.323 e. The molecule has 0 aromatic carbocycles. The summed E-state index contributed by atoms with van der Waals surface area (Å²) in [4.78, 5) is 11.4. The van der Waals surface area contributed by atoms with Crippen LogP contribution in [0.5, 0.6) is 0 Å². The van der Waals surface area contributed by atoms with Crippen LogP contribution in [0, 0.1) is 5.92 Å². The predicted molar refractivity (Wildman–Crippen MR) is 59.0 cm³/mol. The highest BCUT2D eigenvalue weighted by Gasteiger charge is 2.13. The summed E-state index contributed by atoms with van der Waals surface area (Å²) in [6, 6.07) is 0. The normalized spacial score (nSPS) is 13.2. The van der Waals surface area contributed by atoms with Crippen molar-refractivity contribution in [2.24, 2.45) is 11.0 Å². The highest BCUT2D eigenvalue weighted by Crippen LogP contribution is 1.94. The molecule has 0 rings (SSSR count). The van der Waals surface area contributed by atoms with Crippen LogP contribution in [0.25, 0.3) is 0 Å². The number of hydrogen-bond donors (Lipinski definition) is 1. The standard InChI is InChI=1S/C10H21N3O/c1-8(2)9(3)11-12-10(14)7-13(4,5)6/h8H,7H2,1-6H3/p+1/b11-9+. The van der Waals surface area contributed by atoms with Crippen LogP contribution in [0.15, 0.2) is 5.10 Å². The Balaban J connectivity index is 4.04. The van der Waals surface area contributed by atoms with Crippen LogP contribution in [-0.4, -0.2) is 43.8 Å². The molecule has 0 aromatic rings. The van der Waals surface area contributed by atoms with Gasteiger partial charge in [-0.05, 0) is 12.8 Å². The SMILES string of the molecule is C/C(=N\NC(=O)C[N+](C)(C)C)C(C)C. The molecule has 1 amide bonds. The zero-order valence-electron chi connectivity index (χ0n) is 10.1. The van der Waals surface area contributed by atoms with Gasteiger partial charge in [-0.15, -0.1) is 0 Å². The summed E-state index contributed by atoms with van der Waals surface area (Å²) >= 11 is 0. The third kappa shape index (κ3) is 6.60. The lowest BCUT2D eigenvalue weighted by atomic mass is 10.1. The van der Waals surface area contributed by atoms with E-state index in [9.17, 15) is 4.79 Å². The zero-order valence-corrected chi connectivity index (χ0v) is 10.1. The quantitative estimate of drug-likeness (QED) is 0.408. The molecule has 0 radical (unpaired) electrons. The maximum Gasteiger partial charge on any atom is 0.295 e. The largest absolute Gasteiger partial charge is 0.323 e. The van der Waals surface area contributed by atoms with Gasteiger partial charge < -0.3 is 4.48 Å². The van der Waals surface area contributed by atoms with Gasteiger partial charge >= 0.3 is 0 Å². The molecule has 4 nitrogen and oxygen atoms in total. The predicted octanol–water partition coefficient (Wildman–Crippen LogP) is 0.841. The Morgan fingerprint density at radius 2 is 1.86 bits per heavy atom. The first-order valence-corrected chi connectivity index (χ1v) is 4.86. The molecule has 4 heteroatoms. The molecule has 0 unspecified atom stereocenters. The van der Waals surface area contributed by atoms with Crippen LogP contribution < -0.4 is 5.43 Å². The van der Waals surface area contributed by atoms with Gasteiger partial charge in [-0.25, -0.2) is 5.43 Å². The highest BCUT2D eigenvalue weighted by molar-refractivity contribution is 5.85. The first-order chi connectivity index (χ1) is 6.22. The van der Waals surface area contributed by atoms with Gasteiger partial charge in [-0.2, -0.15) is 5.10 Å². The van der Waals surface area contributed by atoms with Crippen LogP contribution >= 0.6 is 0 Å². The van der Waals surface area contributed by atoms with E-state index in [1.807, 2.05) is 41.9 Å². The van der Waals surface area contributed by atoms with Crippen molar-refractivity contribution in [1.29, 1.82) is 0 Å². The van der Waals surface area contributed by atoms with E-state index in [-0.39, 0.29) is 5.91 Å². The minimum absolute atomic E-state index is 0.0440. The lowest BCUT2D eigenvalue weighted by molar-refractivity contribution is -0.862. The average Bonchev–Trinajstić information content (AvgIpc) is 1.96. The number of quaternary nitrogens is 1. The van der Waals surface area contributed by atoms with Gasteiger partial charge in [-0.1, -0.05) is 13.8 Å². The van der Waals surface area contributed by atoms with Crippen molar-refractivity contribution in [1.82, 2.24) is 5.43 Å². The third-order valence-corrected chi connectivity index (χ3v) is 1.81. The molecule has 0 aromatic heterocycles. The van der Waals surface area contributed by atoms with Crippen molar-refractivity contribution in [2.75, 3.05) is 27.7 Å². The van der Waals surface area contributed by atoms with E-state index in [1.165, 1.54) is 0 Å². The molecule has 0 bridgehead atoms. The fourth-order valence-corrected chi connectivity index (χ4v) is 0.746. The van der Waals surface area contributed by atoms with Crippen molar-refractivity contribution >= 4 is 11.6 Å². The summed E-state index contributed by atoms with van der Waals surface area (Å²) < 4.78 is 0.613. The minimum atomic E-state index is -0.0440. The third-order valence-electron chi connectivity index (χ3n) is 1.81. The molecule has 82 valence electrons. The molecule has 0 saturated heterocycles. The summed E-state index contributed by atoms with van der Waals surface area (Å²) in [6.45, 7) is 6.45. The number of carbonyl (C=O) groups excluding carboxylic acids is 1. The molecule has 0 atom stereocenters. The van der Waals surface area contributed by atoms with Gasteiger partial charge in [0.15, 0.2) is 6.54 Å². The molecular formula is C10H22N3O+. The Kier molecular flexibility index (Phi) is 4.77. The van der Waals surface area contributed by atoms with Crippen LogP contribution in [-0.2, 0) is 4.79 Å². The topological polar surface area (TPSA) is 41.5 Å². The van der Waals surface area contributed by atoms with E-state index in [0.717, 1.165) is 5.71 Å². The van der Waals surface area contributed by atoms with Gasteiger partial charge in [0.05, 0.1) is 21.1 Å². The average molecular weight is 200 g/mol. The molecule has 1 N–H and O–H groups in total. The summed E-state index contributed by atoms with van der Waals surface area (Å²) in [5, 5.41) is 4.01. The second-order valence-electron chi connectivity index (χ2n) is 4.89. The van der Waals surface area contributed by atoms with Crippen molar-refractivity contribution in [2.45, 2.75) is 20.8 Å². The molecule has 14 heavy (non-hydrogen) atoms. The van der Waals surface area contributed by atoms with Crippen LogP contribution in [0.1, 0.15) is 20.8 Å². The molecule has 0 saturated carbocycles. The lowest BCUT2D eigenvalue weighted by Crippen LogP contribution is -2.43. The second-order valence-corrected chi connectivity index (χ2v) is 4.89. The summed E-state index contributed by atoms with van der Waals surface area (Å²) in [7, 11) is 5.91. The van der Waals surface area contributed by atoms with Crippen LogP contribution in [0.3, 0.4) is 0 Å². The summed E-state index contributed by atoms with van der Waals surface area (Å²) in [5.74, 6) is 0.330. The number of hydrogen-bond acceptors (Lipinski definition) is 2. The Morgan fingerprint density at radius 1 is 1.36 bits per heavy atom. The highest BCUT2D eigenvalue weighted by atomic mass is 16.2. The molecule has 0 aliphatic rings. The Bertz CT molecular complexity index is 226. The number of nitrogens with one attached hydrogen (secondary N) is 1. The van der Waals surface area contributed by atoms with Gasteiger partial charge in [0, 0.05) is 5.71 Å². The van der Waals surface area contributed by atoms with Gasteiger partial charge in [0.1, 0.15) is 0 Å². The molecule has 0 aliphatic heterocycles. The van der Waals surface area contributed by atoms with Crippen molar-refractivity contribution in [3.8, 4) is 0 Å². The molecule has 0 heterocycles. The molecular weight excluding hydrogens is 178 g/mol. The number of amides is 1. The van der Waals surface area contributed by atoms with E-state index in [1.54, 1.807) is 0 Å². The van der Waals surface area contributed by atoms with E-state index < -0.39 is 0 Å². The Morgan fingerprint density at radius 3 is 2.21 bits per heavy atom. The van der Waals surface area contributed by atoms with Gasteiger partial charge in [0.2, 0.25) is 0 Å². The fourth-order valence-electron chi connectivity index (χ4n) is 0.746.